The van der Waals surface area contributed by atoms with Gasteiger partial charge in [-0.2, -0.15) is 0 Å². The lowest BCUT2D eigenvalue weighted by atomic mass is 10.1. The third-order valence-electron chi connectivity index (χ3n) is 5.61. The first-order chi connectivity index (χ1) is 15.5. The van der Waals surface area contributed by atoms with Gasteiger partial charge in [-0.1, -0.05) is 30.7 Å². The Balaban J connectivity index is 1.36. The molecular formula is C25H31N3O3S. The Morgan fingerprint density at radius 3 is 2.62 bits per heavy atom. The van der Waals surface area contributed by atoms with Gasteiger partial charge in [-0.05, 0) is 74.7 Å². The normalized spacial score (nSPS) is 11.9. The van der Waals surface area contributed by atoms with E-state index in [4.69, 9.17) is 17.0 Å². The molecule has 1 atom stereocenters. The molecule has 0 aliphatic heterocycles. The number of benzene rings is 2. The maximum absolute atomic E-state index is 12.6. The number of nitrogens with one attached hydrogen (secondary N) is 2. The molecule has 1 heterocycles. The molecule has 0 aliphatic carbocycles. The number of unbranched alkanes of at least 4 members (excludes halogenated alkanes) is 2. The first-order valence-electron chi connectivity index (χ1n) is 11.1. The fourth-order valence-electron chi connectivity index (χ4n) is 3.73. The molecule has 3 aromatic rings. The van der Waals surface area contributed by atoms with Crippen molar-refractivity contribution >= 4 is 29.0 Å². The van der Waals surface area contributed by atoms with Gasteiger partial charge in [-0.3, -0.25) is 14.2 Å². The van der Waals surface area contributed by atoms with Crippen molar-refractivity contribution in [1.82, 2.24) is 14.9 Å². The van der Waals surface area contributed by atoms with E-state index in [9.17, 15) is 9.59 Å². The summed E-state index contributed by atoms with van der Waals surface area (Å²) >= 11 is 5.34. The van der Waals surface area contributed by atoms with E-state index in [0.717, 1.165) is 43.4 Å². The van der Waals surface area contributed by atoms with Crippen LogP contribution in [0.15, 0.2) is 53.3 Å². The van der Waals surface area contributed by atoms with Crippen LogP contribution in [0.3, 0.4) is 0 Å². The highest BCUT2D eigenvalue weighted by Crippen LogP contribution is 2.13. The Bertz CT molecular complexity index is 1150. The number of fused-ring (bicyclic) bond motifs is 1. The number of methoxy groups -OCH3 is 1. The molecule has 0 saturated heterocycles. The topological polar surface area (TPSA) is 76.1 Å². The average molecular weight is 454 g/mol. The number of aryl methyl sites for hydroxylation is 1. The van der Waals surface area contributed by atoms with Crippen molar-refractivity contribution in [2.24, 2.45) is 0 Å². The highest BCUT2D eigenvalue weighted by molar-refractivity contribution is 7.71. The number of nitrogens with zero attached hydrogens (tertiary/aromatic N) is 1. The molecule has 0 fully saturated rings. The van der Waals surface area contributed by atoms with E-state index in [1.165, 1.54) is 5.56 Å². The number of carbonyl (C=O) groups is 1. The molecule has 2 aromatic carbocycles. The summed E-state index contributed by atoms with van der Waals surface area (Å²) < 4.78 is 7.23. The molecule has 7 heteroatoms. The summed E-state index contributed by atoms with van der Waals surface area (Å²) in [5.41, 5.74) is 1.93. The molecule has 1 aromatic heterocycles. The van der Waals surface area contributed by atoms with Crippen LogP contribution < -0.4 is 15.6 Å². The highest BCUT2D eigenvalue weighted by Gasteiger charge is 2.09. The number of para-hydroxylation sites is 1. The van der Waals surface area contributed by atoms with Crippen molar-refractivity contribution in [3.63, 3.8) is 0 Å². The van der Waals surface area contributed by atoms with Crippen LogP contribution in [-0.4, -0.2) is 28.6 Å². The predicted octanol–water partition coefficient (Wildman–Crippen LogP) is 4.77. The van der Waals surface area contributed by atoms with Crippen molar-refractivity contribution in [2.75, 3.05) is 7.11 Å². The standard InChI is InChI=1S/C25H31N3O3S/c1-18(11-12-19-13-15-20(31-2)16-14-19)26-23(29)10-4-3-7-17-28-24(30)21-8-5-6-9-22(21)27-25(28)32/h5-6,8-9,13-16,18H,3-4,7,10-12,17H2,1-2H3,(H,26,29)(H,27,32). The molecule has 170 valence electrons. The van der Waals surface area contributed by atoms with Gasteiger partial charge < -0.3 is 15.0 Å². The highest BCUT2D eigenvalue weighted by atomic mass is 32.1. The minimum absolute atomic E-state index is 0.0622. The Morgan fingerprint density at radius 1 is 1.12 bits per heavy atom. The van der Waals surface area contributed by atoms with Gasteiger partial charge in [-0.25, -0.2) is 0 Å². The maximum atomic E-state index is 12.6. The van der Waals surface area contributed by atoms with Crippen molar-refractivity contribution in [2.45, 2.75) is 58.0 Å². The van der Waals surface area contributed by atoms with Gasteiger partial charge in [-0.15, -0.1) is 0 Å². The molecule has 2 N–H and O–H groups in total. The van der Waals surface area contributed by atoms with Crippen molar-refractivity contribution in [3.05, 3.63) is 69.2 Å². The Kier molecular flexibility index (Phi) is 8.62. The molecule has 1 amide bonds. The number of aromatic nitrogens is 2. The number of hydrogen-bond acceptors (Lipinski definition) is 4. The molecule has 6 nitrogen and oxygen atoms in total. The zero-order chi connectivity index (χ0) is 22.9. The number of hydrogen-bond donors (Lipinski definition) is 2. The van der Waals surface area contributed by atoms with Crippen LogP contribution in [0.25, 0.3) is 10.9 Å². The lowest BCUT2D eigenvalue weighted by molar-refractivity contribution is -0.121. The zero-order valence-electron chi connectivity index (χ0n) is 18.7. The Hall–Kier alpha value is -2.93. The fraction of sp³-hybridized carbons (Fsp3) is 0.400. The van der Waals surface area contributed by atoms with Crippen LogP contribution in [0.5, 0.6) is 5.75 Å². The van der Waals surface area contributed by atoms with Crippen LogP contribution in [0, 0.1) is 4.77 Å². The molecule has 0 bridgehead atoms. The van der Waals surface area contributed by atoms with E-state index >= 15 is 0 Å². The first-order valence-corrected chi connectivity index (χ1v) is 11.5. The molecule has 1 unspecified atom stereocenters. The fourth-order valence-corrected chi connectivity index (χ4v) is 4.01. The molecule has 0 aliphatic rings. The second-order valence-electron chi connectivity index (χ2n) is 8.10. The minimum Gasteiger partial charge on any atom is -0.497 e. The second-order valence-corrected chi connectivity index (χ2v) is 8.49. The molecule has 32 heavy (non-hydrogen) atoms. The van der Waals surface area contributed by atoms with Crippen LogP contribution in [-0.2, 0) is 17.8 Å². The van der Waals surface area contributed by atoms with Crippen LogP contribution in [0.4, 0.5) is 0 Å². The summed E-state index contributed by atoms with van der Waals surface area (Å²) in [6.45, 7) is 2.59. The van der Waals surface area contributed by atoms with E-state index in [2.05, 4.69) is 22.4 Å². The SMILES string of the molecule is COc1ccc(CCC(C)NC(=O)CCCCCn2c(=S)[nH]c3ccccc3c2=O)cc1. The lowest BCUT2D eigenvalue weighted by Gasteiger charge is -2.14. The van der Waals surface area contributed by atoms with Crippen molar-refractivity contribution in [3.8, 4) is 5.75 Å². The molecule has 0 saturated carbocycles. The summed E-state index contributed by atoms with van der Waals surface area (Å²) in [5.74, 6) is 0.926. The quantitative estimate of drug-likeness (QED) is 0.324. The van der Waals surface area contributed by atoms with Crippen LogP contribution >= 0.6 is 12.2 Å². The second kappa shape index (κ2) is 11.6. The van der Waals surface area contributed by atoms with Crippen molar-refractivity contribution < 1.29 is 9.53 Å². The third-order valence-corrected chi connectivity index (χ3v) is 5.93. The van der Waals surface area contributed by atoms with Crippen molar-refractivity contribution in [1.29, 1.82) is 0 Å². The number of amides is 1. The summed E-state index contributed by atoms with van der Waals surface area (Å²) in [6, 6.07) is 15.5. The van der Waals surface area contributed by atoms with Gasteiger partial charge in [0.2, 0.25) is 5.91 Å². The van der Waals surface area contributed by atoms with E-state index in [1.54, 1.807) is 17.7 Å². The monoisotopic (exact) mass is 453 g/mol. The summed E-state index contributed by atoms with van der Waals surface area (Å²) in [7, 11) is 1.66. The third kappa shape index (κ3) is 6.53. The smallest absolute Gasteiger partial charge is 0.262 e. The molecule has 0 radical (unpaired) electrons. The van der Waals surface area contributed by atoms with Gasteiger partial charge in [0.1, 0.15) is 5.75 Å². The predicted molar refractivity (Wildman–Crippen MR) is 131 cm³/mol. The van der Waals surface area contributed by atoms with Crippen LogP contribution in [0.2, 0.25) is 0 Å². The lowest BCUT2D eigenvalue weighted by Crippen LogP contribution is -2.32. The van der Waals surface area contributed by atoms with Gasteiger partial charge >= 0.3 is 0 Å². The number of ether oxygens (including phenoxy) is 1. The number of H-pyrrole nitrogens is 1. The molecular weight excluding hydrogens is 422 g/mol. The molecule has 0 spiro atoms. The summed E-state index contributed by atoms with van der Waals surface area (Å²) in [4.78, 5) is 28.0. The zero-order valence-corrected chi connectivity index (χ0v) is 19.5. The number of rotatable bonds is 11. The first kappa shape index (κ1) is 23.7. The van der Waals surface area contributed by atoms with Gasteiger partial charge in [0.05, 0.1) is 18.0 Å². The van der Waals surface area contributed by atoms with Gasteiger partial charge in [0, 0.05) is 19.0 Å². The summed E-state index contributed by atoms with van der Waals surface area (Å²) in [5, 5.41) is 3.72. The van der Waals surface area contributed by atoms with E-state index in [-0.39, 0.29) is 17.5 Å². The van der Waals surface area contributed by atoms with E-state index < -0.39 is 0 Å². The van der Waals surface area contributed by atoms with E-state index in [0.29, 0.717) is 23.1 Å². The number of carbonyl (C=O) groups excluding carboxylic acids is 1. The maximum Gasteiger partial charge on any atom is 0.262 e. The van der Waals surface area contributed by atoms with Crippen LogP contribution in [0.1, 0.15) is 44.6 Å². The number of aromatic amines is 1. The van der Waals surface area contributed by atoms with Gasteiger partial charge in [0.25, 0.3) is 5.56 Å². The van der Waals surface area contributed by atoms with E-state index in [1.807, 2.05) is 37.3 Å². The summed E-state index contributed by atoms with van der Waals surface area (Å²) in [6.07, 6.45) is 4.74. The average Bonchev–Trinajstić information content (AvgIpc) is 2.79. The largest absolute Gasteiger partial charge is 0.497 e. The minimum atomic E-state index is -0.0622. The molecule has 3 rings (SSSR count). The Morgan fingerprint density at radius 2 is 1.88 bits per heavy atom. The Labute approximate surface area is 193 Å². The van der Waals surface area contributed by atoms with Gasteiger partial charge in [0.15, 0.2) is 4.77 Å².